The SMILES string of the molecule is Cc1cccc(C(=O)N/C(=C\c2cccs2)C(=O)N[C@H]2C[C@H]3CC[C@H]2C3)c1. The number of rotatable bonds is 5. The Morgan fingerprint density at radius 1 is 1.15 bits per heavy atom. The topological polar surface area (TPSA) is 58.2 Å². The van der Waals surface area contributed by atoms with Gasteiger partial charge in [0, 0.05) is 16.5 Å². The number of aryl methyl sites for hydroxylation is 1. The van der Waals surface area contributed by atoms with Crippen molar-refractivity contribution in [1.29, 1.82) is 0 Å². The third-order valence-corrected chi connectivity index (χ3v) is 6.48. The molecule has 140 valence electrons. The summed E-state index contributed by atoms with van der Waals surface area (Å²) in [6.07, 6.45) is 6.55. The minimum Gasteiger partial charge on any atom is -0.348 e. The van der Waals surface area contributed by atoms with Crippen LogP contribution >= 0.6 is 11.3 Å². The summed E-state index contributed by atoms with van der Waals surface area (Å²) in [6.45, 7) is 1.95. The molecule has 2 aliphatic carbocycles. The maximum absolute atomic E-state index is 12.9. The number of nitrogens with one attached hydrogen (secondary N) is 2. The minimum absolute atomic E-state index is 0.193. The van der Waals surface area contributed by atoms with E-state index < -0.39 is 0 Å². The van der Waals surface area contributed by atoms with Crippen LogP contribution < -0.4 is 10.6 Å². The van der Waals surface area contributed by atoms with E-state index in [4.69, 9.17) is 0 Å². The van der Waals surface area contributed by atoms with Crippen LogP contribution in [-0.4, -0.2) is 17.9 Å². The molecule has 5 heteroatoms. The van der Waals surface area contributed by atoms with Gasteiger partial charge in [-0.25, -0.2) is 0 Å². The highest BCUT2D eigenvalue weighted by Crippen LogP contribution is 2.44. The molecule has 3 atom stereocenters. The van der Waals surface area contributed by atoms with E-state index in [0.717, 1.165) is 22.8 Å². The van der Waals surface area contributed by atoms with E-state index in [-0.39, 0.29) is 17.9 Å². The molecule has 0 spiro atoms. The lowest BCUT2D eigenvalue weighted by Crippen LogP contribution is -2.42. The zero-order chi connectivity index (χ0) is 18.8. The molecule has 2 saturated carbocycles. The highest BCUT2D eigenvalue weighted by atomic mass is 32.1. The van der Waals surface area contributed by atoms with Crippen molar-refractivity contribution < 1.29 is 9.59 Å². The second-order valence-corrected chi connectivity index (χ2v) is 8.63. The van der Waals surface area contributed by atoms with Crippen LogP contribution in [0.25, 0.3) is 6.08 Å². The number of thiophene rings is 1. The van der Waals surface area contributed by atoms with Crippen molar-refractivity contribution in [3.63, 3.8) is 0 Å². The molecule has 2 aromatic rings. The van der Waals surface area contributed by atoms with Crippen LogP contribution in [0.15, 0.2) is 47.5 Å². The van der Waals surface area contributed by atoms with Crippen molar-refractivity contribution >= 4 is 29.2 Å². The van der Waals surface area contributed by atoms with E-state index in [1.54, 1.807) is 23.5 Å². The highest BCUT2D eigenvalue weighted by molar-refractivity contribution is 7.10. The highest BCUT2D eigenvalue weighted by Gasteiger charge is 2.40. The Labute approximate surface area is 163 Å². The van der Waals surface area contributed by atoms with Gasteiger partial charge < -0.3 is 10.6 Å². The maximum atomic E-state index is 12.9. The van der Waals surface area contributed by atoms with E-state index in [2.05, 4.69) is 10.6 Å². The van der Waals surface area contributed by atoms with Crippen molar-refractivity contribution in [2.75, 3.05) is 0 Å². The maximum Gasteiger partial charge on any atom is 0.268 e. The largest absolute Gasteiger partial charge is 0.348 e. The Kier molecular flexibility index (Phi) is 5.12. The van der Waals surface area contributed by atoms with Crippen LogP contribution in [0.5, 0.6) is 0 Å². The third-order valence-electron chi connectivity index (χ3n) is 5.66. The van der Waals surface area contributed by atoms with Crippen molar-refractivity contribution in [2.45, 2.75) is 38.6 Å². The summed E-state index contributed by atoms with van der Waals surface area (Å²) >= 11 is 1.54. The molecule has 0 aliphatic heterocycles. The number of fused-ring (bicyclic) bond motifs is 2. The second kappa shape index (κ2) is 7.69. The lowest BCUT2D eigenvalue weighted by molar-refractivity contribution is -0.118. The summed E-state index contributed by atoms with van der Waals surface area (Å²) in [5, 5.41) is 7.97. The third kappa shape index (κ3) is 4.14. The first-order chi connectivity index (χ1) is 13.1. The van der Waals surface area contributed by atoms with Gasteiger partial charge in [0.15, 0.2) is 0 Å². The van der Waals surface area contributed by atoms with Crippen molar-refractivity contribution in [2.24, 2.45) is 11.8 Å². The summed E-state index contributed by atoms with van der Waals surface area (Å²) in [4.78, 5) is 26.6. The van der Waals surface area contributed by atoms with Crippen LogP contribution in [0.4, 0.5) is 0 Å². The molecule has 0 radical (unpaired) electrons. The fourth-order valence-electron chi connectivity index (χ4n) is 4.32. The van der Waals surface area contributed by atoms with Gasteiger partial charge in [0.2, 0.25) is 0 Å². The number of benzene rings is 1. The van der Waals surface area contributed by atoms with Gasteiger partial charge in [-0.3, -0.25) is 9.59 Å². The van der Waals surface area contributed by atoms with Crippen LogP contribution in [0.2, 0.25) is 0 Å². The average Bonchev–Trinajstić information content (AvgIpc) is 3.39. The lowest BCUT2D eigenvalue weighted by atomic mass is 9.95. The van der Waals surface area contributed by atoms with Crippen LogP contribution in [0, 0.1) is 18.8 Å². The summed E-state index contributed by atoms with van der Waals surface area (Å²) < 4.78 is 0. The molecule has 1 aromatic carbocycles. The van der Waals surface area contributed by atoms with E-state index >= 15 is 0 Å². The molecule has 2 aliphatic rings. The molecule has 2 amide bonds. The molecule has 2 fully saturated rings. The summed E-state index contributed by atoms with van der Waals surface area (Å²) in [6, 6.07) is 11.5. The first-order valence-corrected chi connectivity index (χ1v) is 10.4. The molecule has 27 heavy (non-hydrogen) atoms. The number of amides is 2. The fraction of sp³-hybridized carbons (Fsp3) is 0.364. The van der Waals surface area contributed by atoms with Gasteiger partial charge in [0.25, 0.3) is 11.8 Å². The number of carbonyl (C=O) groups excluding carboxylic acids is 2. The monoisotopic (exact) mass is 380 g/mol. The summed E-state index contributed by atoms with van der Waals surface area (Å²) in [5.41, 5.74) is 1.88. The number of carbonyl (C=O) groups is 2. The zero-order valence-corrected chi connectivity index (χ0v) is 16.2. The fourth-order valence-corrected chi connectivity index (χ4v) is 4.98. The lowest BCUT2D eigenvalue weighted by Gasteiger charge is -2.23. The molecule has 2 N–H and O–H groups in total. The van der Waals surface area contributed by atoms with E-state index in [0.29, 0.717) is 17.2 Å². The van der Waals surface area contributed by atoms with E-state index in [9.17, 15) is 9.59 Å². The Morgan fingerprint density at radius 2 is 2.04 bits per heavy atom. The molecular formula is C22H24N2O2S. The molecule has 1 aromatic heterocycles. The Balaban J connectivity index is 1.52. The zero-order valence-electron chi connectivity index (χ0n) is 15.4. The molecular weight excluding hydrogens is 356 g/mol. The minimum atomic E-state index is -0.260. The molecule has 4 rings (SSSR count). The van der Waals surface area contributed by atoms with Crippen LogP contribution in [-0.2, 0) is 4.79 Å². The molecule has 0 saturated heterocycles. The summed E-state index contributed by atoms with van der Waals surface area (Å²) in [7, 11) is 0. The van der Waals surface area contributed by atoms with Crippen molar-refractivity contribution in [3.05, 3.63) is 63.5 Å². The number of hydrogen-bond donors (Lipinski definition) is 2. The van der Waals surface area contributed by atoms with E-state index in [1.807, 2.05) is 42.6 Å². The quantitative estimate of drug-likeness (QED) is 0.766. The number of hydrogen-bond acceptors (Lipinski definition) is 3. The van der Waals surface area contributed by atoms with Gasteiger partial charge in [-0.05, 0) is 67.7 Å². The van der Waals surface area contributed by atoms with Gasteiger partial charge >= 0.3 is 0 Å². The summed E-state index contributed by atoms with van der Waals surface area (Å²) in [5.74, 6) is 0.896. The smallest absolute Gasteiger partial charge is 0.268 e. The standard InChI is InChI=1S/C22H24N2O2S/c1-14-4-2-5-17(10-14)21(25)24-20(13-18-6-3-9-27-18)22(26)23-19-12-15-7-8-16(19)11-15/h2-6,9-10,13,15-16,19H,7-8,11-12H2,1H3,(H,23,26)(H,24,25)/b20-13-/t15-,16-,19-/m0/s1. The van der Waals surface area contributed by atoms with Crippen LogP contribution in [0.3, 0.4) is 0 Å². The normalized spacial score (nSPS) is 24.0. The first kappa shape index (κ1) is 18.0. The Hall–Kier alpha value is -2.40. The van der Waals surface area contributed by atoms with Gasteiger partial charge in [0.05, 0.1) is 0 Å². The van der Waals surface area contributed by atoms with Gasteiger partial charge in [-0.2, -0.15) is 0 Å². The second-order valence-electron chi connectivity index (χ2n) is 7.65. The Morgan fingerprint density at radius 3 is 2.70 bits per heavy atom. The molecule has 4 nitrogen and oxygen atoms in total. The average molecular weight is 381 g/mol. The van der Waals surface area contributed by atoms with Crippen molar-refractivity contribution in [3.8, 4) is 0 Å². The molecule has 2 bridgehead atoms. The van der Waals surface area contributed by atoms with E-state index in [1.165, 1.54) is 19.3 Å². The first-order valence-electron chi connectivity index (χ1n) is 9.52. The van der Waals surface area contributed by atoms with Gasteiger partial charge in [0.1, 0.15) is 5.70 Å². The Bertz CT molecular complexity index is 872. The predicted octanol–water partition coefficient (Wildman–Crippen LogP) is 4.13. The van der Waals surface area contributed by atoms with Crippen molar-refractivity contribution in [1.82, 2.24) is 10.6 Å². The predicted molar refractivity (Wildman–Crippen MR) is 108 cm³/mol. The van der Waals surface area contributed by atoms with Gasteiger partial charge in [-0.1, -0.05) is 30.2 Å². The van der Waals surface area contributed by atoms with Crippen LogP contribution in [0.1, 0.15) is 46.5 Å². The molecule has 0 unspecified atom stereocenters. The molecule has 1 heterocycles. The van der Waals surface area contributed by atoms with Gasteiger partial charge in [-0.15, -0.1) is 11.3 Å².